The lowest BCUT2D eigenvalue weighted by Gasteiger charge is -2.13. The van der Waals surface area contributed by atoms with Crippen molar-refractivity contribution in [2.45, 2.75) is 4.90 Å². The Kier molecular flexibility index (Phi) is 5.83. The number of anilines is 1. The standard InChI is InChI=1S/C15H16ClN3O5S/c1-19(2)25(22,23)10-5-6-11(16)13(8-10)18-14(20)9-24-15(21)12-4-3-7-17-12/h3-8,17H,9H2,1-2H3,(H,18,20). The zero-order valence-corrected chi connectivity index (χ0v) is 15.0. The minimum absolute atomic E-state index is 0.0272. The fraction of sp³-hybridized carbons (Fsp3) is 0.200. The van der Waals surface area contributed by atoms with Crippen LogP contribution in [0.25, 0.3) is 0 Å². The van der Waals surface area contributed by atoms with Gasteiger partial charge >= 0.3 is 5.97 Å². The number of aromatic amines is 1. The summed E-state index contributed by atoms with van der Waals surface area (Å²) in [5, 5.41) is 2.58. The number of amides is 1. The summed E-state index contributed by atoms with van der Waals surface area (Å²) in [7, 11) is -0.891. The van der Waals surface area contributed by atoms with Crippen LogP contribution in [0.3, 0.4) is 0 Å². The van der Waals surface area contributed by atoms with E-state index < -0.39 is 28.5 Å². The van der Waals surface area contributed by atoms with E-state index in [1.54, 1.807) is 12.3 Å². The number of esters is 1. The summed E-state index contributed by atoms with van der Waals surface area (Å²) in [6, 6.07) is 7.05. The Bertz CT molecular complexity index is 879. The summed E-state index contributed by atoms with van der Waals surface area (Å²) in [6.07, 6.45) is 1.55. The second-order valence-electron chi connectivity index (χ2n) is 5.14. The van der Waals surface area contributed by atoms with E-state index in [-0.39, 0.29) is 21.3 Å². The molecule has 0 spiro atoms. The summed E-state index contributed by atoms with van der Waals surface area (Å²) in [5.74, 6) is -1.34. The summed E-state index contributed by atoms with van der Waals surface area (Å²) in [4.78, 5) is 26.2. The van der Waals surface area contributed by atoms with Crippen molar-refractivity contribution in [3.8, 4) is 0 Å². The lowest BCUT2D eigenvalue weighted by molar-refractivity contribution is -0.119. The third-order valence-electron chi connectivity index (χ3n) is 3.14. The molecule has 0 aliphatic carbocycles. The molecule has 2 rings (SSSR count). The largest absolute Gasteiger partial charge is 0.451 e. The summed E-state index contributed by atoms with van der Waals surface area (Å²) < 4.78 is 30.1. The molecule has 0 bridgehead atoms. The molecule has 1 aromatic heterocycles. The molecule has 0 unspecified atom stereocenters. The number of carbonyl (C=O) groups excluding carboxylic acids is 2. The Hall–Kier alpha value is -2.36. The number of ether oxygens (including phenoxy) is 1. The van der Waals surface area contributed by atoms with Gasteiger partial charge in [0.05, 0.1) is 15.6 Å². The number of aromatic nitrogens is 1. The molecule has 2 aromatic rings. The molecule has 1 heterocycles. The van der Waals surface area contributed by atoms with Gasteiger partial charge in [0.15, 0.2) is 6.61 Å². The first-order valence-corrected chi connectivity index (χ1v) is 8.86. The molecule has 0 radical (unpaired) electrons. The van der Waals surface area contributed by atoms with Gasteiger partial charge in [-0.15, -0.1) is 0 Å². The van der Waals surface area contributed by atoms with E-state index in [2.05, 4.69) is 10.3 Å². The van der Waals surface area contributed by atoms with E-state index in [0.29, 0.717) is 0 Å². The molecule has 1 aromatic carbocycles. The maximum absolute atomic E-state index is 12.1. The van der Waals surface area contributed by atoms with Gasteiger partial charge < -0.3 is 15.0 Å². The monoisotopic (exact) mass is 385 g/mol. The quantitative estimate of drug-likeness (QED) is 0.736. The molecular formula is C15H16ClN3O5S. The minimum atomic E-state index is -3.67. The van der Waals surface area contributed by atoms with Crippen LogP contribution in [0.5, 0.6) is 0 Å². The maximum Gasteiger partial charge on any atom is 0.355 e. The van der Waals surface area contributed by atoms with E-state index in [9.17, 15) is 18.0 Å². The summed E-state index contributed by atoms with van der Waals surface area (Å²) >= 11 is 5.98. The van der Waals surface area contributed by atoms with E-state index in [4.69, 9.17) is 16.3 Å². The third kappa shape index (κ3) is 4.59. The zero-order chi connectivity index (χ0) is 18.6. The predicted octanol–water partition coefficient (Wildman–Crippen LogP) is 1.71. The molecule has 1 amide bonds. The number of H-pyrrole nitrogens is 1. The van der Waals surface area contributed by atoms with Crippen molar-refractivity contribution in [2.75, 3.05) is 26.0 Å². The highest BCUT2D eigenvalue weighted by Crippen LogP contribution is 2.26. The molecule has 0 aliphatic heterocycles. The van der Waals surface area contributed by atoms with Crippen LogP contribution in [0.15, 0.2) is 41.4 Å². The van der Waals surface area contributed by atoms with E-state index in [0.717, 1.165) is 4.31 Å². The van der Waals surface area contributed by atoms with Crippen molar-refractivity contribution in [2.24, 2.45) is 0 Å². The van der Waals surface area contributed by atoms with Gasteiger partial charge in [-0.2, -0.15) is 0 Å². The molecule has 0 saturated carbocycles. The lowest BCUT2D eigenvalue weighted by Crippen LogP contribution is -2.23. The molecule has 10 heteroatoms. The normalized spacial score (nSPS) is 11.4. The topological polar surface area (TPSA) is 109 Å². The van der Waals surface area contributed by atoms with Gasteiger partial charge in [-0.1, -0.05) is 11.6 Å². The average molecular weight is 386 g/mol. The first-order valence-electron chi connectivity index (χ1n) is 7.04. The van der Waals surface area contributed by atoms with Crippen LogP contribution in [-0.4, -0.2) is 50.3 Å². The fourth-order valence-corrected chi connectivity index (χ4v) is 2.92. The molecule has 0 fully saturated rings. The van der Waals surface area contributed by atoms with Crippen molar-refractivity contribution in [1.82, 2.24) is 9.29 Å². The van der Waals surface area contributed by atoms with Gasteiger partial charge in [0, 0.05) is 20.3 Å². The predicted molar refractivity (Wildman–Crippen MR) is 92.0 cm³/mol. The third-order valence-corrected chi connectivity index (χ3v) is 5.28. The van der Waals surface area contributed by atoms with Gasteiger partial charge in [0.25, 0.3) is 5.91 Å². The fourth-order valence-electron chi connectivity index (χ4n) is 1.82. The minimum Gasteiger partial charge on any atom is -0.451 e. The molecule has 0 aliphatic rings. The second-order valence-corrected chi connectivity index (χ2v) is 7.70. The Labute approximate surface area is 149 Å². The van der Waals surface area contributed by atoms with Gasteiger partial charge in [0.1, 0.15) is 5.69 Å². The van der Waals surface area contributed by atoms with Crippen LogP contribution in [0.2, 0.25) is 5.02 Å². The molecule has 8 nitrogen and oxygen atoms in total. The highest BCUT2D eigenvalue weighted by molar-refractivity contribution is 7.89. The van der Waals surface area contributed by atoms with Crippen molar-refractivity contribution < 1.29 is 22.7 Å². The maximum atomic E-state index is 12.1. The van der Waals surface area contributed by atoms with E-state index in [1.165, 1.54) is 38.4 Å². The van der Waals surface area contributed by atoms with Crippen LogP contribution in [-0.2, 0) is 19.6 Å². The summed E-state index contributed by atoms with van der Waals surface area (Å²) in [5.41, 5.74) is 0.315. The number of nitrogens with zero attached hydrogens (tertiary/aromatic N) is 1. The first kappa shape index (κ1) is 19.0. The van der Waals surface area contributed by atoms with Gasteiger partial charge in [-0.05, 0) is 30.3 Å². The molecule has 0 saturated heterocycles. The zero-order valence-electron chi connectivity index (χ0n) is 13.4. The van der Waals surface area contributed by atoms with Crippen LogP contribution in [0.4, 0.5) is 5.69 Å². The average Bonchev–Trinajstić information content (AvgIpc) is 3.09. The number of halogens is 1. The molecule has 0 atom stereocenters. The van der Waals surface area contributed by atoms with E-state index >= 15 is 0 Å². The van der Waals surface area contributed by atoms with Crippen LogP contribution in [0.1, 0.15) is 10.5 Å². The highest BCUT2D eigenvalue weighted by atomic mass is 35.5. The van der Waals surface area contributed by atoms with Crippen LogP contribution < -0.4 is 5.32 Å². The molecule has 2 N–H and O–H groups in total. The Morgan fingerprint density at radius 3 is 2.60 bits per heavy atom. The number of carbonyl (C=O) groups is 2. The van der Waals surface area contributed by atoms with Crippen molar-refractivity contribution >= 4 is 39.2 Å². The summed E-state index contributed by atoms with van der Waals surface area (Å²) in [6.45, 7) is -0.543. The van der Waals surface area contributed by atoms with Crippen molar-refractivity contribution in [3.63, 3.8) is 0 Å². The van der Waals surface area contributed by atoms with Gasteiger partial charge in [-0.3, -0.25) is 4.79 Å². The van der Waals surface area contributed by atoms with Gasteiger partial charge in [-0.25, -0.2) is 17.5 Å². The number of sulfonamides is 1. The molecule has 25 heavy (non-hydrogen) atoms. The number of benzene rings is 1. The van der Waals surface area contributed by atoms with Crippen LogP contribution in [0, 0.1) is 0 Å². The smallest absolute Gasteiger partial charge is 0.355 e. The van der Waals surface area contributed by atoms with Crippen molar-refractivity contribution in [1.29, 1.82) is 0 Å². The Morgan fingerprint density at radius 1 is 1.28 bits per heavy atom. The number of hydrogen-bond acceptors (Lipinski definition) is 5. The molecule has 134 valence electrons. The Balaban J connectivity index is 2.06. The highest BCUT2D eigenvalue weighted by Gasteiger charge is 2.19. The second kappa shape index (κ2) is 7.68. The number of nitrogens with one attached hydrogen (secondary N) is 2. The number of hydrogen-bond donors (Lipinski definition) is 2. The SMILES string of the molecule is CN(C)S(=O)(=O)c1ccc(Cl)c(NC(=O)COC(=O)c2ccc[nH]2)c1. The van der Waals surface area contributed by atoms with Crippen molar-refractivity contribution in [3.05, 3.63) is 47.2 Å². The first-order chi connectivity index (χ1) is 11.7. The lowest BCUT2D eigenvalue weighted by atomic mass is 10.3. The van der Waals surface area contributed by atoms with E-state index in [1.807, 2.05) is 0 Å². The van der Waals surface area contributed by atoms with Gasteiger partial charge in [0.2, 0.25) is 10.0 Å². The molecular weight excluding hydrogens is 370 g/mol. The number of rotatable bonds is 6. The Morgan fingerprint density at radius 2 is 2.00 bits per heavy atom. The van der Waals surface area contributed by atoms with Crippen LogP contribution >= 0.6 is 11.6 Å².